The van der Waals surface area contributed by atoms with Crippen molar-refractivity contribution in [1.29, 1.82) is 0 Å². The van der Waals surface area contributed by atoms with E-state index in [1.807, 2.05) is 0 Å². The average molecular weight is 360 g/mol. The average Bonchev–Trinajstić information content (AvgIpc) is 2.64. The molecule has 150 valence electrons. The first-order chi connectivity index (χ1) is 12.7. The van der Waals surface area contributed by atoms with Crippen LogP contribution in [0.1, 0.15) is 96.0 Å². The Morgan fingerprint density at radius 1 is 0.692 bits per heavy atom. The van der Waals surface area contributed by atoms with Crippen molar-refractivity contribution in [1.82, 2.24) is 4.90 Å². The topological polar surface area (TPSA) is 3.24 Å². The Balaban J connectivity index is 2.22. The van der Waals surface area contributed by atoms with Gasteiger partial charge < -0.3 is 4.90 Å². The van der Waals surface area contributed by atoms with Crippen molar-refractivity contribution in [2.45, 2.75) is 96.8 Å². The second kappa shape index (κ2) is 16.4. The third-order valence-electron chi connectivity index (χ3n) is 5.55. The molecule has 1 aromatic carbocycles. The van der Waals surface area contributed by atoms with Gasteiger partial charge in [0.2, 0.25) is 0 Å². The highest BCUT2D eigenvalue weighted by Crippen LogP contribution is 2.23. The van der Waals surface area contributed by atoms with Crippen molar-refractivity contribution in [3.8, 4) is 0 Å². The smallest absolute Gasteiger partial charge is 0.00248 e. The van der Waals surface area contributed by atoms with Crippen LogP contribution in [0.3, 0.4) is 0 Å². The fraction of sp³-hybridized carbons (Fsp3) is 0.760. The zero-order valence-corrected chi connectivity index (χ0v) is 18.0. The highest BCUT2D eigenvalue weighted by Gasteiger charge is 2.09. The third-order valence-corrected chi connectivity index (χ3v) is 5.55. The summed E-state index contributed by atoms with van der Waals surface area (Å²) in [6, 6.07) is 11.2. The van der Waals surface area contributed by atoms with Crippen LogP contribution < -0.4 is 0 Å². The zero-order valence-electron chi connectivity index (χ0n) is 18.0. The van der Waals surface area contributed by atoms with Crippen LogP contribution >= 0.6 is 0 Å². The third kappa shape index (κ3) is 13.4. The maximum atomic E-state index is 2.31. The van der Waals surface area contributed by atoms with E-state index in [1.165, 1.54) is 102 Å². The second-order valence-electron chi connectivity index (χ2n) is 8.47. The van der Waals surface area contributed by atoms with E-state index in [1.54, 1.807) is 0 Å². The lowest BCUT2D eigenvalue weighted by Gasteiger charge is -2.17. The van der Waals surface area contributed by atoms with Gasteiger partial charge in [0, 0.05) is 0 Å². The maximum Gasteiger partial charge on any atom is -0.00248 e. The van der Waals surface area contributed by atoms with E-state index in [4.69, 9.17) is 0 Å². The van der Waals surface area contributed by atoms with Crippen LogP contribution in [0.15, 0.2) is 30.3 Å². The number of hydrogen-bond donors (Lipinski definition) is 0. The molecular weight excluding hydrogens is 314 g/mol. The minimum absolute atomic E-state index is 0.894. The van der Waals surface area contributed by atoms with Crippen molar-refractivity contribution < 1.29 is 0 Å². The first-order valence-electron chi connectivity index (χ1n) is 11.4. The fourth-order valence-electron chi connectivity index (χ4n) is 3.90. The molecule has 0 saturated heterocycles. The van der Waals surface area contributed by atoms with Gasteiger partial charge >= 0.3 is 0 Å². The highest BCUT2D eigenvalue weighted by atomic mass is 15.0. The molecule has 1 unspecified atom stereocenters. The van der Waals surface area contributed by atoms with Crippen molar-refractivity contribution in [2.75, 3.05) is 20.6 Å². The van der Waals surface area contributed by atoms with Gasteiger partial charge in [0.25, 0.3) is 0 Å². The standard InChI is InChI=1S/C25H45N/c1-4-5-6-7-9-13-18-24(23-25-20-15-12-16-21-25)19-14-10-8-11-17-22-26(2)3/h12,15-16,20-21,24H,4-11,13-14,17-19,22-23H2,1-3H3. The molecule has 0 bridgehead atoms. The SMILES string of the molecule is CCCCCCCCC(CCCCCCCN(C)C)Cc1ccccc1. The van der Waals surface area contributed by atoms with E-state index in [-0.39, 0.29) is 0 Å². The van der Waals surface area contributed by atoms with Gasteiger partial charge in [0.05, 0.1) is 0 Å². The lowest BCUT2D eigenvalue weighted by Crippen LogP contribution is -2.12. The van der Waals surface area contributed by atoms with Gasteiger partial charge in [-0.25, -0.2) is 0 Å². The molecule has 0 saturated carbocycles. The number of nitrogens with zero attached hydrogens (tertiary/aromatic N) is 1. The van der Waals surface area contributed by atoms with E-state index >= 15 is 0 Å². The van der Waals surface area contributed by atoms with E-state index in [9.17, 15) is 0 Å². The first-order valence-corrected chi connectivity index (χ1v) is 11.4. The largest absolute Gasteiger partial charge is 0.309 e. The van der Waals surface area contributed by atoms with E-state index in [0.717, 1.165) is 5.92 Å². The van der Waals surface area contributed by atoms with Crippen molar-refractivity contribution >= 4 is 0 Å². The normalized spacial score (nSPS) is 12.6. The molecule has 0 aliphatic rings. The van der Waals surface area contributed by atoms with Gasteiger partial charge in [-0.3, -0.25) is 0 Å². The van der Waals surface area contributed by atoms with Crippen molar-refractivity contribution in [3.63, 3.8) is 0 Å². The molecule has 1 rings (SSSR count). The number of hydrogen-bond acceptors (Lipinski definition) is 1. The molecule has 0 fully saturated rings. The molecule has 0 aliphatic heterocycles. The Labute approximate surface area is 164 Å². The molecule has 0 aliphatic carbocycles. The molecule has 1 aromatic rings. The fourth-order valence-corrected chi connectivity index (χ4v) is 3.90. The molecule has 0 N–H and O–H groups in total. The predicted molar refractivity (Wildman–Crippen MR) is 118 cm³/mol. The van der Waals surface area contributed by atoms with Crippen LogP contribution in [0, 0.1) is 5.92 Å². The molecule has 0 aromatic heterocycles. The number of benzene rings is 1. The molecule has 1 heteroatoms. The highest BCUT2D eigenvalue weighted by molar-refractivity contribution is 5.15. The zero-order chi connectivity index (χ0) is 18.9. The summed E-state index contributed by atoms with van der Waals surface area (Å²) in [4.78, 5) is 2.30. The van der Waals surface area contributed by atoms with Gasteiger partial charge in [-0.2, -0.15) is 0 Å². The van der Waals surface area contributed by atoms with Crippen LogP contribution in [-0.2, 0) is 6.42 Å². The summed E-state index contributed by atoms with van der Waals surface area (Å²) in [6.45, 7) is 3.55. The van der Waals surface area contributed by atoms with Gasteiger partial charge in [-0.15, -0.1) is 0 Å². The van der Waals surface area contributed by atoms with Gasteiger partial charge in [0.1, 0.15) is 0 Å². The minimum atomic E-state index is 0.894. The van der Waals surface area contributed by atoms with Crippen LogP contribution in [0.2, 0.25) is 0 Å². The van der Waals surface area contributed by atoms with Gasteiger partial charge in [-0.05, 0) is 45.0 Å². The summed E-state index contributed by atoms with van der Waals surface area (Å²) in [5.41, 5.74) is 1.54. The Kier molecular flexibility index (Phi) is 14.6. The Hall–Kier alpha value is -0.820. The molecular formula is C25H45N. The molecule has 1 nitrogen and oxygen atoms in total. The van der Waals surface area contributed by atoms with Gasteiger partial charge in [-0.1, -0.05) is 114 Å². The summed E-state index contributed by atoms with van der Waals surface area (Å²) in [6.07, 6.45) is 19.7. The molecule has 26 heavy (non-hydrogen) atoms. The predicted octanol–water partition coefficient (Wildman–Crippen LogP) is 7.50. The van der Waals surface area contributed by atoms with E-state index in [0.29, 0.717) is 0 Å². The number of unbranched alkanes of at least 4 members (excludes halogenated alkanes) is 9. The van der Waals surface area contributed by atoms with E-state index in [2.05, 4.69) is 56.3 Å². The molecule has 0 spiro atoms. The summed E-state index contributed by atoms with van der Waals surface area (Å²) < 4.78 is 0. The van der Waals surface area contributed by atoms with E-state index < -0.39 is 0 Å². The molecule has 0 radical (unpaired) electrons. The van der Waals surface area contributed by atoms with Crippen LogP contribution in [0.4, 0.5) is 0 Å². The monoisotopic (exact) mass is 359 g/mol. The Bertz CT molecular complexity index is 398. The lowest BCUT2D eigenvalue weighted by molar-refractivity contribution is 0.380. The Morgan fingerprint density at radius 2 is 1.23 bits per heavy atom. The van der Waals surface area contributed by atoms with Crippen molar-refractivity contribution in [2.24, 2.45) is 5.92 Å². The quantitative estimate of drug-likeness (QED) is 0.260. The Morgan fingerprint density at radius 3 is 1.81 bits per heavy atom. The summed E-state index contributed by atoms with van der Waals surface area (Å²) in [5, 5.41) is 0. The first kappa shape index (κ1) is 23.2. The molecule has 0 amide bonds. The number of rotatable bonds is 17. The van der Waals surface area contributed by atoms with Crippen molar-refractivity contribution in [3.05, 3.63) is 35.9 Å². The molecule has 1 atom stereocenters. The lowest BCUT2D eigenvalue weighted by atomic mass is 9.89. The summed E-state index contributed by atoms with van der Waals surface area (Å²) in [5.74, 6) is 0.894. The minimum Gasteiger partial charge on any atom is -0.309 e. The summed E-state index contributed by atoms with van der Waals surface area (Å²) in [7, 11) is 4.35. The van der Waals surface area contributed by atoms with Crippen LogP contribution in [0.25, 0.3) is 0 Å². The van der Waals surface area contributed by atoms with Crippen LogP contribution in [0.5, 0.6) is 0 Å². The summed E-state index contributed by atoms with van der Waals surface area (Å²) >= 11 is 0. The van der Waals surface area contributed by atoms with Crippen LogP contribution in [-0.4, -0.2) is 25.5 Å². The van der Waals surface area contributed by atoms with Gasteiger partial charge in [0.15, 0.2) is 0 Å². The second-order valence-corrected chi connectivity index (χ2v) is 8.47. The maximum absolute atomic E-state index is 2.31. The molecule has 0 heterocycles.